The Morgan fingerprint density at radius 2 is 2.12 bits per heavy atom. The molecule has 1 aromatic carbocycles. The number of pyridine rings is 1. The summed E-state index contributed by atoms with van der Waals surface area (Å²) < 4.78 is 5.33. The Morgan fingerprint density at radius 1 is 1.25 bits per heavy atom. The first-order chi connectivity index (χ1) is 11.7. The van der Waals surface area contributed by atoms with E-state index in [0.29, 0.717) is 11.6 Å². The van der Waals surface area contributed by atoms with Crippen LogP contribution in [0.3, 0.4) is 0 Å². The molecule has 0 radical (unpaired) electrons. The lowest BCUT2D eigenvalue weighted by Crippen LogP contribution is -2.48. The second-order valence-corrected chi connectivity index (χ2v) is 6.32. The van der Waals surface area contributed by atoms with Crippen LogP contribution in [-0.4, -0.2) is 49.1 Å². The third kappa shape index (κ3) is 3.92. The minimum Gasteiger partial charge on any atom is -0.497 e. The average molecular weight is 325 g/mol. The highest BCUT2D eigenvalue weighted by Crippen LogP contribution is 2.28. The van der Waals surface area contributed by atoms with Crippen molar-refractivity contribution in [2.45, 2.75) is 18.4 Å². The predicted molar refractivity (Wildman–Crippen MR) is 93.3 cm³/mol. The maximum atomic E-state index is 12.4. The fourth-order valence-electron chi connectivity index (χ4n) is 3.32. The van der Waals surface area contributed by atoms with Crippen molar-refractivity contribution in [3.05, 3.63) is 59.9 Å². The van der Waals surface area contributed by atoms with Gasteiger partial charge in [0.2, 0.25) is 0 Å². The van der Waals surface area contributed by atoms with Gasteiger partial charge in [0.1, 0.15) is 11.4 Å². The van der Waals surface area contributed by atoms with E-state index in [1.165, 1.54) is 5.56 Å². The predicted octanol–water partition coefficient (Wildman–Crippen LogP) is 2.31. The second kappa shape index (κ2) is 7.45. The van der Waals surface area contributed by atoms with Crippen molar-refractivity contribution in [2.75, 3.05) is 27.2 Å². The van der Waals surface area contributed by atoms with Crippen LogP contribution in [0.15, 0.2) is 48.7 Å². The molecule has 0 spiro atoms. The average Bonchev–Trinajstić information content (AvgIpc) is 2.62. The van der Waals surface area contributed by atoms with Crippen LogP contribution in [0.1, 0.15) is 28.4 Å². The molecule has 24 heavy (non-hydrogen) atoms. The number of likely N-dealkylation sites (tertiary alicyclic amines) is 1. The molecule has 5 nitrogen and oxygen atoms in total. The number of aromatic nitrogens is 1. The maximum absolute atomic E-state index is 12.4. The van der Waals surface area contributed by atoms with Crippen molar-refractivity contribution in [3.8, 4) is 5.75 Å². The Labute approximate surface area is 142 Å². The van der Waals surface area contributed by atoms with Crippen molar-refractivity contribution < 1.29 is 9.53 Å². The van der Waals surface area contributed by atoms with E-state index in [2.05, 4.69) is 34.4 Å². The first-order valence-electron chi connectivity index (χ1n) is 8.20. The van der Waals surface area contributed by atoms with Gasteiger partial charge in [-0.3, -0.25) is 9.78 Å². The molecule has 1 N–H and O–H groups in total. The van der Waals surface area contributed by atoms with Crippen molar-refractivity contribution >= 4 is 5.91 Å². The van der Waals surface area contributed by atoms with E-state index in [-0.39, 0.29) is 11.9 Å². The number of amides is 1. The highest BCUT2D eigenvalue weighted by molar-refractivity contribution is 5.92. The lowest BCUT2D eigenvalue weighted by atomic mass is 9.88. The SMILES string of the molecule is COc1cccc([C@H]2C[C@@H](NC(=O)c3ccccn3)CN(C)C2)c1. The Morgan fingerprint density at radius 3 is 2.88 bits per heavy atom. The number of likely N-dealkylation sites (N-methyl/N-ethyl adjacent to an activating group) is 1. The number of piperidine rings is 1. The first kappa shape index (κ1) is 16.5. The summed E-state index contributed by atoms with van der Waals surface area (Å²) >= 11 is 0. The molecule has 3 rings (SSSR count). The molecule has 126 valence electrons. The summed E-state index contributed by atoms with van der Waals surface area (Å²) in [6.07, 6.45) is 2.55. The second-order valence-electron chi connectivity index (χ2n) is 6.32. The topological polar surface area (TPSA) is 54.5 Å². The van der Waals surface area contributed by atoms with Crippen LogP contribution >= 0.6 is 0 Å². The zero-order valence-electron chi connectivity index (χ0n) is 14.1. The van der Waals surface area contributed by atoms with Crippen molar-refractivity contribution in [1.29, 1.82) is 0 Å². The Kier molecular flexibility index (Phi) is 5.11. The number of carbonyl (C=O) groups is 1. The summed E-state index contributed by atoms with van der Waals surface area (Å²) in [5.74, 6) is 1.13. The number of hydrogen-bond acceptors (Lipinski definition) is 4. The molecular formula is C19H23N3O2. The number of hydrogen-bond donors (Lipinski definition) is 1. The van der Waals surface area contributed by atoms with Crippen LogP contribution in [0.2, 0.25) is 0 Å². The molecule has 0 unspecified atom stereocenters. The van der Waals surface area contributed by atoms with Crippen molar-refractivity contribution in [2.24, 2.45) is 0 Å². The van der Waals surface area contributed by atoms with E-state index in [4.69, 9.17) is 4.74 Å². The lowest BCUT2D eigenvalue weighted by Gasteiger charge is -2.36. The van der Waals surface area contributed by atoms with E-state index < -0.39 is 0 Å². The number of rotatable bonds is 4. The van der Waals surface area contributed by atoms with Gasteiger partial charge in [0.25, 0.3) is 5.91 Å². The Balaban J connectivity index is 1.70. The van der Waals surface area contributed by atoms with Crippen LogP contribution in [0.4, 0.5) is 0 Å². The third-order valence-electron chi connectivity index (χ3n) is 4.43. The van der Waals surface area contributed by atoms with Crippen LogP contribution in [-0.2, 0) is 0 Å². The fraction of sp³-hybridized carbons (Fsp3) is 0.368. The largest absolute Gasteiger partial charge is 0.497 e. The molecule has 1 aromatic heterocycles. The minimum atomic E-state index is -0.111. The van der Waals surface area contributed by atoms with Gasteiger partial charge in [-0.1, -0.05) is 18.2 Å². The molecule has 1 amide bonds. The summed E-state index contributed by atoms with van der Waals surface area (Å²) in [5.41, 5.74) is 1.71. The zero-order valence-corrected chi connectivity index (χ0v) is 14.1. The van der Waals surface area contributed by atoms with Gasteiger partial charge in [-0.05, 0) is 49.2 Å². The molecule has 2 heterocycles. The van der Waals surface area contributed by atoms with Crippen LogP contribution in [0.25, 0.3) is 0 Å². The van der Waals surface area contributed by atoms with Gasteiger partial charge in [0, 0.05) is 25.3 Å². The van der Waals surface area contributed by atoms with Gasteiger partial charge >= 0.3 is 0 Å². The summed E-state index contributed by atoms with van der Waals surface area (Å²) in [7, 11) is 3.77. The van der Waals surface area contributed by atoms with Gasteiger partial charge in [0.05, 0.1) is 7.11 Å². The molecule has 1 aliphatic rings. The number of nitrogens with zero attached hydrogens (tertiary/aromatic N) is 2. The smallest absolute Gasteiger partial charge is 0.270 e. The maximum Gasteiger partial charge on any atom is 0.270 e. The Hall–Kier alpha value is -2.40. The zero-order chi connectivity index (χ0) is 16.9. The first-order valence-corrected chi connectivity index (χ1v) is 8.20. The molecule has 2 atom stereocenters. The standard InChI is InChI=1S/C19H23N3O2/c1-22-12-15(14-6-5-7-17(11-14)24-2)10-16(13-22)21-19(23)18-8-3-4-9-20-18/h3-9,11,15-16H,10,12-13H2,1-2H3,(H,21,23)/t15-,16+/m0/s1. The minimum absolute atomic E-state index is 0.106. The lowest BCUT2D eigenvalue weighted by molar-refractivity contribution is 0.0900. The van der Waals surface area contributed by atoms with Gasteiger partial charge in [-0.25, -0.2) is 0 Å². The van der Waals surface area contributed by atoms with E-state index in [0.717, 1.165) is 25.3 Å². The van der Waals surface area contributed by atoms with Gasteiger partial charge in [-0.2, -0.15) is 0 Å². The normalized spacial score (nSPS) is 21.2. The number of carbonyl (C=O) groups excluding carboxylic acids is 1. The van der Waals surface area contributed by atoms with E-state index in [9.17, 15) is 4.79 Å². The van der Waals surface area contributed by atoms with Gasteiger partial charge in [0.15, 0.2) is 0 Å². The molecule has 0 bridgehead atoms. The summed E-state index contributed by atoms with van der Waals surface area (Å²) in [6.45, 7) is 1.82. The van der Waals surface area contributed by atoms with Gasteiger partial charge < -0.3 is 15.0 Å². The molecule has 1 fully saturated rings. The number of nitrogens with one attached hydrogen (secondary N) is 1. The number of ether oxygens (including phenoxy) is 1. The highest BCUT2D eigenvalue weighted by atomic mass is 16.5. The molecule has 2 aromatic rings. The highest BCUT2D eigenvalue weighted by Gasteiger charge is 2.28. The summed E-state index contributed by atoms with van der Waals surface area (Å²) in [6, 6.07) is 13.7. The quantitative estimate of drug-likeness (QED) is 0.937. The third-order valence-corrected chi connectivity index (χ3v) is 4.43. The summed E-state index contributed by atoms with van der Waals surface area (Å²) in [4.78, 5) is 18.7. The van der Waals surface area contributed by atoms with Crippen molar-refractivity contribution in [3.63, 3.8) is 0 Å². The van der Waals surface area contributed by atoms with E-state index in [1.807, 2.05) is 24.3 Å². The van der Waals surface area contributed by atoms with E-state index in [1.54, 1.807) is 19.4 Å². The number of benzene rings is 1. The van der Waals surface area contributed by atoms with Crippen LogP contribution in [0, 0.1) is 0 Å². The number of methoxy groups -OCH3 is 1. The summed E-state index contributed by atoms with van der Waals surface area (Å²) in [5, 5.41) is 3.12. The monoisotopic (exact) mass is 325 g/mol. The molecule has 1 aliphatic heterocycles. The van der Waals surface area contributed by atoms with Crippen LogP contribution in [0.5, 0.6) is 5.75 Å². The Bertz CT molecular complexity index is 690. The molecular weight excluding hydrogens is 302 g/mol. The van der Waals surface area contributed by atoms with Crippen LogP contribution < -0.4 is 10.1 Å². The fourth-order valence-corrected chi connectivity index (χ4v) is 3.32. The molecule has 0 aliphatic carbocycles. The van der Waals surface area contributed by atoms with Crippen molar-refractivity contribution in [1.82, 2.24) is 15.2 Å². The van der Waals surface area contributed by atoms with Gasteiger partial charge in [-0.15, -0.1) is 0 Å². The van der Waals surface area contributed by atoms with E-state index >= 15 is 0 Å². The molecule has 5 heteroatoms. The molecule has 1 saturated heterocycles. The molecule has 0 saturated carbocycles.